The first-order valence-corrected chi connectivity index (χ1v) is 9.09. The maximum absolute atomic E-state index is 12.6. The van der Waals surface area contributed by atoms with Crippen LogP contribution >= 0.6 is 0 Å². The fraction of sp³-hybridized carbons (Fsp3) is 0.350. The molecule has 7 nitrogen and oxygen atoms in total. The van der Waals surface area contributed by atoms with Gasteiger partial charge in [0.25, 0.3) is 0 Å². The van der Waals surface area contributed by atoms with E-state index in [0.29, 0.717) is 23.9 Å². The largest absolute Gasteiger partial charge is 0.434 e. The molecule has 9 heteroatoms. The summed E-state index contributed by atoms with van der Waals surface area (Å²) in [5.41, 5.74) is 2.32. The standard InChI is InChI=1S/C20H25F2N5O2/c1-13-7-8-16(29-19(21)22)15(11-13)12-25-20(23-3)24-10-9-18(28)27-17-6-4-5-14(2)26-17/h4-8,11,19H,9-10,12H2,1-3H3,(H2,23,24,25)(H,26,27,28). The normalized spacial score (nSPS) is 11.3. The molecule has 156 valence electrons. The maximum atomic E-state index is 12.6. The second kappa shape index (κ2) is 10.9. The van der Waals surface area contributed by atoms with Gasteiger partial charge in [-0.1, -0.05) is 23.8 Å². The molecule has 29 heavy (non-hydrogen) atoms. The van der Waals surface area contributed by atoms with E-state index in [0.717, 1.165) is 11.3 Å². The van der Waals surface area contributed by atoms with Crippen molar-refractivity contribution in [3.8, 4) is 5.75 Å². The van der Waals surface area contributed by atoms with Crippen LogP contribution in [0.4, 0.5) is 14.6 Å². The van der Waals surface area contributed by atoms with Gasteiger partial charge in [-0.25, -0.2) is 4.98 Å². The number of anilines is 1. The van der Waals surface area contributed by atoms with E-state index >= 15 is 0 Å². The van der Waals surface area contributed by atoms with E-state index in [1.807, 2.05) is 26.0 Å². The summed E-state index contributed by atoms with van der Waals surface area (Å²) in [7, 11) is 1.58. The number of halogens is 2. The maximum Gasteiger partial charge on any atom is 0.387 e. The third-order valence-corrected chi connectivity index (χ3v) is 3.90. The van der Waals surface area contributed by atoms with Crippen molar-refractivity contribution in [2.24, 2.45) is 4.99 Å². The second-order valence-electron chi connectivity index (χ2n) is 6.30. The van der Waals surface area contributed by atoms with Crippen LogP contribution in [0.2, 0.25) is 0 Å². The molecule has 2 rings (SSSR count). The third-order valence-electron chi connectivity index (χ3n) is 3.90. The molecule has 0 saturated carbocycles. The highest BCUT2D eigenvalue weighted by atomic mass is 19.3. The molecule has 0 radical (unpaired) electrons. The molecule has 0 atom stereocenters. The number of hydrogen-bond donors (Lipinski definition) is 3. The number of nitrogens with zero attached hydrogens (tertiary/aromatic N) is 2. The lowest BCUT2D eigenvalue weighted by atomic mass is 10.1. The van der Waals surface area contributed by atoms with Crippen molar-refractivity contribution in [3.63, 3.8) is 0 Å². The van der Waals surface area contributed by atoms with Crippen LogP contribution in [0.25, 0.3) is 0 Å². The molecule has 0 unspecified atom stereocenters. The number of amides is 1. The van der Waals surface area contributed by atoms with E-state index < -0.39 is 6.61 Å². The number of nitrogens with one attached hydrogen (secondary N) is 3. The zero-order chi connectivity index (χ0) is 21.2. The Hall–Kier alpha value is -3.23. The molecule has 1 aromatic carbocycles. The summed E-state index contributed by atoms with van der Waals surface area (Å²) in [5.74, 6) is 0.871. The Bertz CT molecular complexity index is 859. The lowest BCUT2D eigenvalue weighted by molar-refractivity contribution is -0.116. The van der Waals surface area contributed by atoms with Gasteiger partial charge in [-0.2, -0.15) is 8.78 Å². The van der Waals surface area contributed by atoms with E-state index in [2.05, 4.69) is 30.7 Å². The monoisotopic (exact) mass is 405 g/mol. The number of aliphatic imine (C=N–C) groups is 1. The first-order chi connectivity index (χ1) is 13.9. The number of ether oxygens (including phenoxy) is 1. The minimum atomic E-state index is -2.89. The quantitative estimate of drug-likeness (QED) is 0.464. The van der Waals surface area contributed by atoms with Crippen LogP contribution in [0.15, 0.2) is 41.4 Å². The topological polar surface area (TPSA) is 87.6 Å². The molecular formula is C20H25F2N5O2. The van der Waals surface area contributed by atoms with Crippen LogP contribution in [-0.4, -0.2) is 37.1 Å². The Morgan fingerprint density at radius 1 is 1.21 bits per heavy atom. The highest BCUT2D eigenvalue weighted by molar-refractivity contribution is 5.90. The first-order valence-electron chi connectivity index (χ1n) is 9.09. The Kier molecular flexibility index (Phi) is 8.32. The Morgan fingerprint density at radius 2 is 2.00 bits per heavy atom. The molecule has 1 amide bonds. The summed E-state index contributed by atoms with van der Waals surface area (Å²) in [5, 5.41) is 8.77. The van der Waals surface area contributed by atoms with Gasteiger partial charge < -0.3 is 20.7 Å². The first kappa shape index (κ1) is 22.1. The summed E-state index contributed by atoms with van der Waals surface area (Å²) >= 11 is 0. The number of aryl methyl sites for hydroxylation is 2. The van der Waals surface area contributed by atoms with Gasteiger partial charge in [0.05, 0.1) is 0 Å². The van der Waals surface area contributed by atoms with Crippen molar-refractivity contribution in [2.75, 3.05) is 18.9 Å². The van der Waals surface area contributed by atoms with Crippen molar-refractivity contribution in [2.45, 2.75) is 33.4 Å². The molecular weight excluding hydrogens is 380 g/mol. The second-order valence-corrected chi connectivity index (χ2v) is 6.30. The van der Waals surface area contributed by atoms with Crippen molar-refractivity contribution in [3.05, 3.63) is 53.2 Å². The number of pyridine rings is 1. The lowest BCUT2D eigenvalue weighted by Gasteiger charge is -2.15. The molecule has 0 saturated heterocycles. The SMILES string of the molecule is CN=C(NCCC(=O)Nc1cccc(C)n1)NCc1cc(C)ccc1OC(F)F. The smallest absolute Gasteiger partial charge is 0.387 e. The molecule has 0 aliphatic rings. The van der Waals surface area contributed by atoms with Crippen LogP contribution in [0.5, 0.6) is 5.75 Å². The fourth-order valence-corrected chi connectivity index (χ4v) is 2.57. The third kappa shape index (κ3) is 7.73. The molecule has 0 fully saturated rings. The molecule has 0 bridgehead atoms. The lowest BCUT2D eigenvalue weighted by Crippen LogP contribution is -2.38. The minimum absolute atomic E-state index is 0.110. The number of benzene rings is 1. The average Bonchev–Trinajstić information content (AvgIpc) is 2.66. The van der Waals surface area contributed by atoms with Crippen LogP contribution in [0.3, 0.4) is 0 Å². The summed E-state index contributed by atoms with van der Waals surface area (Å²) in [6.45, 7) is 1.40. The van der Waals surface area contributed by atoms with Gasteiger partial charge in [-0.3, -0.25) is 9.79 Å². The summed E-state index contributed by atoms with van der Waals surface area (Å²) in [6.07, 6.45) is 0.209. The number of aromatic nitrogens is 1. The van der Waals surface area contributed by atoms with Gasteiger partial charge >= 0.3 is 6.61 Å². The summed E-state index contributed by atoms with van der Waals surface area (Å²) in [4.78, 5) is 20.3. The highest BCUT2D eigenvalue weighted by Crippen LogP contribution is 2.21. The predicted molar refractivity (Wildman–Crippen MR) is 108 cm³/mol. The number of hydrogen-bond acceptors (Lipinski definition) is 4. The molecule has 3 N–H and O–H groups in total. The van der Waals surface area contributed by atoms with Crippen molar-refractivity contribution in [1.29, 1.82) is 0 Å². The van der Waals surface area contributed by atoms with E-state index in [-0.39, 0.29) is 24.6 Å². The molecule has 0 aliphatic heterocycles. The molecule has 0 spiro atoms. The molecule has 1 aromatic heterocycles. The van der Waals surface area contributed by atoms with Gasteiger partial charge in [0.2, 0.25) is 5.91 Å². The number of alkyl halides is 2. The summed E-state index contributed by atoms with van der Waals surface area (Å²) < 4.78 is 29.7. The van der Waals surface area contributed by atoms with Gasteiger partial charge in [-0.05, 0) is 32.0 Å². The van der Waals surface area contributed by atoms with Crippen LogP contribution in [-0.2, 0) is 11.3 Å². The summed E-state index contributed by atoms with van der Waals surface area (Å²) in [6, 6.07) is 10.4. The zero-order valence-corrected chi connectivity index (χ0v) is 16.6. The van der Waals surface area contributed by atoms with Crippen LogP contribution in [0, 0.1) is 13.8 Å². The number of guanidine groups is 1. The Balaban J connectivity index is 1.82. The van der Waals surface area contributed by atoms with Crippen LogP contribution in [0.1, 0.15) is 23.2 Å². The molecule has 0 aliphatic carbocycles. The van der Waals surface area contributed by atoms with Gasteiger partial charge in [0, 0.05) is 37.8 Å². The van der Waals surface area contributed by atoms with E-state index in [1.54, 1.807) is 25.2 Å². The van der Waals surface area contributed by atoms with E-state index in [1.165, 1.54) is 6.07 Å². The average molecular weight is 405 g/mol. The fourth-order valence-electron chi connectivity index (χ4n) is 2.57. The zero-order valence-electron chi connectivity index (χ0n) is 16.6. The molecule has 1 heterocycles. The van der Waals surface area contributed by atoms with Crippen molar-refractivity contribution in [1.82, 2.24) is 15.6 Å². The van der Waals surface area contributed by atoms with Gasteiger partial charge in [-0.15, -0.1) is 0 Å². The van der Waals surface area contributed by atoms with Crippen LogP contribution < -0.4 is 20.7 Å². The van der Waals surface area contributed by atoms with Gasteiger partial charge in [0.15, 0.2) is 5.96 Å². The number of rotatable bonds is 8. The van der Waals surface area contributed by atoms with E-state index in [9.17, 15) is 13.6 Å². The highest BCUT2D eigenvalue weighted by Gasteiger charge is 2.11. The Labute approximate surface area is 168 Å². The van der Waals surface area contributed by atoms with Gasteiger partial charge in [0.1, 0.15) is 11.6 Å². The van der Waals surface area contributed by atoms with E-state index in [4.69, 9.17) is 0 Å². The molecule has 2 aromatic rings. The van der Waals surface area contributed by atoms with Crippen molar-refractivity contribution < 1.29 is 18.3 Å². The number of carbonyl (C=O) groups excluding carboxylic acids is 1. The minimum Gasteiger partial charge on any atom is -0.434 e. The Morgan fingerprint density at radius 3 is 2.69 bits per heavy atom. The van der Waals surface area contributed by atoms with Crippen molar-refractivity contribution >= 4 is 17.7 Å². The number of carbonyl (C=O) groups is 1. The predicted octanol–water partition coefficient (Wildman–Crippen LogP) is 2.99.